The van der Waals surface area contributed by atoms with E-state index in [0.717, 1.165) is 66.7 Å². The Kier molecular flexibility index (Phi) is 8.17. The lowest BCUT2D eigenvalue weighted by Crippen LogP contribution is -2.12. The second kappa shape index (κ2) is 14.3. The molecule has 0 unspecified atom stereocenters. The molecule has 286 valence electrons. The molecule has 0 aliphatic carbocycles. The maximum atomic E-state index is 6.70. The van der Waals surface area contributed by atoms with Crippen molar-refractivity contribution in [3.05, 3.63) is 231 Å². The third kappa shape index (κ3) is 5.66. The van der Waals surface area contributed by atoms with E-state index in [0.29, 0.717) is 0 Å². The van der Waals surface area contributed by atoms with Crippen LogP contribution in [0, 0.1) is 0 Å². The number of hydrogen-bond donors (Lipinski definition) is 0. The summed E-state index contributed by atoms with van der Waals surface area (Å²) in [6, 6.07) is 82.9. The van der Waals surface area contributed by atoms with E-state index in [1.165, 1.54) is 43.9 Å². The van der Waals surface area contributed by atoms with Crippen LogP contribution in [-0.2, 0) is 0 Å². The summed E-state index contributed by atoms with van der Waals surface area (Å²) in [5, 5.41) is 7.00. The van der Waals surface area contributed by atoms with Gasteiger partial charge in [0, 0.05) is 49.3 Å². The first-order chi connectivity index (χ1) is 30.3. The molecule has 0 spiro atoms. The van der Waals surface area contributed by atoms with Gasteiger partial charge in [-0.05, 0) is 64.5 Å². The Labute approximate surface area is 353 Å². The molecule has 12 aromatic rings. The van der Waals surface area contributed by atoms with Crippen LogP contribution >= 0.6 is 0 Å². The van der Waals surface area contributed by atoms with Crippen LogP contribution in [0.1, 0.15) is 0 Å². The minimum atomic E-state index is 0.883. The van der Waals surface area contributed by atoms with Gasteiger partial charge in [0.2, 0.25) is 0 Å². The summed E-state index contributed by atoms with van der Waals surface area (Å²) in [7, 11) is 0. The van der Waals surface area contributed by atoms with Crippen LogP contribution in [0.5, 0.6) is 0 Å². The van der Waals surface area contributed by atoms with E-state index in [4.69, 9.17) is 4.42 Å². The van der Waals surface area contributed by atoms with Crippen molar-refractivity contribution in [2.75, 3.05) is 4.90 Å². The number of furan rings is 1. The zero-order chi connectivity index (χ0) is 40.3. The molecule has 0 atom stereocenters. The average Bonchev–Trinajstić information content (AvgIpc) is 3.88. The van der Waals surface area contributed by atoms with E-state index in [1.807, 2.05) is 6.07 Å². The zero-order valence-electron chi connectivity index (χ0n) is 33.2. The molecule has 12 rings (SSSR count). The molecule has 0 saturated carbocycles. The van der Waals surface area contributed by atoms with Crippen LogP contribution in [0.3, 0.4) is 0 Å². The van der Waals surface area contributed by atoms with Crippen molar-refractivity contribution < 1.29 is 4.42 Å². The van der Waals surface area contributed by atoms with Gasteiger partial charge in [0.05, 0.1) is 28.1 Å². The van der Waals surface area contributed by atoms with Gasteiger partial charge < -0.3 is 13.9 Å². The van der Waals surface area contributed by atoms with Gasteiger partial charge >= 0.3 is 0 Å². The fourth-order valence-corrected chi connectivity index (χ4v) is 9.50. The number of para-hydroxylation sites is 5. The lowest BCUT2D eigenvalue weighted by molar-refractivity contribution is 0.670. The molecular formula is C58H38N2O. The van der Waals surface area contributed by atoms with E-state index < -0.39 is 0 Å². The number of rotatable bonds is 7. The third-order valence-corrected chi connectivity index (χ3v) is 12.2. The highest BCUT2D eigenvalue weighted by atomic mass is 16.3. The number of benzene rings is 10. The first-order valence-corrected chi connectivity index (χ1v) is 20.9. The van der Waals surface area contributed by atoms with Crippen LogP contribution in [0.15, 0.2) is 235 Å². The first kappa shape index (κ1) is 34.9. The summed E-state index contributed by atoms with van der Waals surface area (Å²) in [6.07, 6.45) is 0. The fourth-order valence-electron chi connectivity index (χ4n) is 9.50. The fraction of sp³-hybridized carbons (Fsp3) is 0. The molecule has 0 bridgehead atoms. The molecule has 2 heterocycles. The lowest BCUT2D eigenvalue weighted by Gasteiger charge is -2.30. The summed E-state index contributed by atoms with van der Waals surface area (Å²) in [5.41, 5.74) is 15.3. The Morgan fingerprint density at radius 1 is 0.328 bits per heavy atom. The molecular weight excluding hydrogens is 741 g/mol. The van der Waals surface area contributed by atoms with Crippen molar-refractivity contribution in [3.8, 4) is 39.1 Å². The smallest absolute Gasteiger partial charge is 0.143 e. The maximum absolute atomic E-state index is 6.70. The van der Waals surface area contributed by atoms with Crippen molar-refractivity contribution in [3.63, 3.8) is 0 Å². The maximum Gasteiger partial charge on any atom is 0.143 e. The van der Waals surface area contributed by atoms with E-state index in [1.54, 1.807) is 0 Å². The molecule has 10 aromatic carbocycles. The molecule has 0 amide bonds. The third-order valence-electron chi connectivity index (χ3n) is 12.2. The molecule has 0 aliphatic rings. The molecule has 61 heavy (non-hydrogen) atoms. The lowest BCUT2D eigenvalue weighted by atomic mass is 9.95. The second-order valence-electron chi connectivity index (χ2n) is 15.6. The van der Waals surface area contributed by atoms with E-state index in [-0.39, 0.29) is 0 Å². The van der Waals surface area contributed by atoms with Crippen LogP contribution in [0.25, 0.3) is 93.6 Å². The predicted octanol–water partition coefficient (Wildman–Crippen LogP) is 16.3. The van der Waals surface area contributed by atoms with E-state index in [9.17, 15) is 0 Å². The normalized spacial score (nSPS) is 11.6. The van der Waals surface area contributed by atoms with Gasteiger partial charge in [-0.2, -0.15) is 0 Å². The summed E-state index contributed by atoms with van der Waals surface area (Å²) in [5.74, 6) is 0. The molecule has 3 nitrogen and oxygen atoms in total. The molecule has 3 heteroatoms. The minimum Gasteiger partial charge on any atom is -0.455 e. The van der Waals surface area contributed by atoms with Crippen LogP contribution < -0.4 is 4.90 Å². The summed E-state index contributed by atoms with van der Waals surface area (Å²) in [6.45, 7) is 0. The Morgan fingerprint density at radius 3 is 1.74 bits per heavy atom. The van der Waals surface area contributed by atoms with Crippen molar-refractivity contribution in [2.24, 2.45) is 0 Å². The van der Waals surface area contributed by atoms with Crippen molar-refractivity contribution in [1.82, 2.24) is 4.57 Å². The summed E-state index contributed by atoms with van der Waals surface area (Å²) in [4.78, 5) is 2.46. The minimum absolute atomic E-state index is 0.883. The Bertz CT molecular complexity index is 3600. The number of anilines is 3. The first-order valence-electron chi connectivity index (χ1n) is 20.9. The number of hydrogen-bond acceptors (Lipinski definition) is 2. The topological polar surface area (TPSA) is 21.3 Å². The average molecular weight is 779 g/mol. The van der Waals surface area contributed by atoms with Gasteiger partial charge in [-0.15, -0.1) is 0 Å². The zero-order valence-corrected chi connectivity index (χ0v) is 33.2. The van der Waals surface area contributed by atoms with Gasteiger partial charge in [0.25, 0.3) is 0 Å². The van der Waals surface area contributed by atoms with Gasteiger partial charge in [-0.3, -0.25) is 0 Å². The van der Waals surface area contributed by atoms with Gasteiger partial charge in [0.1, 0.15) is 11.2 Å². The van der Waals surface area contributed by atoms with E-state index >= 15 is 0 Å². The molecule has 0 fully saturated rings. The Balaban J connectivity index is 1.16. The summed E-state index contributed by atoms with van der Waals surface area (Å²) >= 11 is 0. The monoisotopic (exact) mass is 778 g/mol. The SMILES string of the molecule is c1ccc(-c2ccccc2-n2c3ccccc3c3ccc(N(c4ccccc4-c4cccc5c4oc4ccccc45)c4ccc(-c5ccccc5)c5ccccc45)cc32)cc1. The van der Waals surface area contributed by atoms with Crippen molar-refractivity contribution in [2.45, 2.75) is 0 Å². The standard InChI is InChI=1S/C58H38N2O/c1-3-18-39(19-4-1)42-36-37-55(45-24-8-7-23-44(42)45)59(53-31-14-11-26-47(53)50-28-17-29-51-49-27-12-16-33-57(49)61-58(50)51)41-34-35-48-46-25-10-15-32-54(46)60(56(48)38-41)52-30-13-9-22-43(52)40-20-5-2-6-21-40/h1-38H. The number of aromatic nitrogens is 1. The predicted molar refractivity (Wildman–Crippen MR) is 257 cm³/mol. The van der Waals surface area contributed by atoms with E-state index in [2.05, 4.69) is 234 Å². The summed E-state index contributed by atoms with van der Waals surface area (Å²) < 4.78 is 9.15. The molecule has 0 radical (unpaired) electrons. The van der Waals surface area contributed by atoms with Gasteiger partial charge in [-0.1, -0.05) is 188 Å². The number of fused-ring (bicyclic) bond motifs is 7. The highest BCUT2D eigenvalue weighted by molar-refractivity contribution is 6.14. The van der Waals surface area contributed by atoms with Crippen molar-refractivity contribution in [1.29, 1.82) is 0 Å². The molecule has 2 aromatic heterocycles. The largest absolute Gasteiger partial charge is 0.455 e. The van der Waals surface area contributed by atoms with Crippen molar-refractivity contribution >= 4 is 71.6 Å². The second-order valence-corrected chi connectivity index (χ2v) is 15.6. The van der Waals surface area contributed by atoms with Crippen LogP contribution in [0.2, 0.25) is 0 Å². The highest BCUT2D eigenvalue weighted by Crippen LogP contribution is 2.48. The Hall–Kier alpha value is -8.14. The quantitative estimate of drug-likeness (QED) is 0.161. The molecule has 0 N–H and O–H groups in total. The molecule has 0 saturated heterocycles. The Morgan fingerprint density at radius 2 is 0.918 bits per heavy atom. The highest BCUT2D eigenvalue weighted by Gasteiger charge is 2.24. The van der Waals surface area contributed by atoms with Crippen LogP contribution in [-0.4, -0.2) is 4.57 Å². The molecule has 0 aliphatic heterocycles. The number of nitrogens with zero attached hydrogens (tertiary/aromatic N) is 2. The van der Waals surface area contributed by atoms with Crippen LogP contribution in [0.4, 0.5) is 17.1 Å². The van der Waals surface area contributed by atoms with Gasteiger partial charge in [-0.25, -0.2) is 0 Å². The van der Waals surface area contributed by atoms with Gasteiger partial charge in [0.15, 0.2) is 0 Å².